The fourth-order valence-corrected chi connectivity index (χ4v) is 26.7. The molecule has 0 bridgehead atoms. The summed E-state index contributed by atoms with van der Waals surface area (Å²) in [5.74, 6) is 0.370. The van der Waals surface area contributed by atoms with E-state index in [2.05, 4.69) is 109 Å². The SMILES string of the molecule is CC1(C)CC[C@]2(C(=O)O)CC[C@]3(C)C(=CC[C@@H]4[C@@]5(C)CC[C@H](OC6OC(COC7OC(CO)C(O)C(O)C7O)C(O)C6O)C(C)(C)[C@@H]5CC[C@]43C)[C@@H]2C1.CC1(C)CC[C@]2(C(=O)O)CC[C@]3(C)C(=CC[C@@H]4[C@@]5(C)CC[C@H](OC6OC(COC7OC(CO)C(O)C7O)C(O)C(O)C6O)C(C)(C)[C@@H]5CC[C@]43C)[C@@H]2C1. The van der Waals surface area contributed by atoms with Gasteiger partial charge in [-0.25, -0.2) is 0 Å². The lowest BCUT2D eigenvalue weighted by Gasteiger charge is -2.71. The molecule has 12 fully saturated rings. The highest BCUT2D eigenvalue weighted by atomic mass is 16.8. The van der Waals surface area contributed by atoms with E-state index in [1.807, 2.05) is 0 Å². The minimum Gasteiger partial charge on any atom is -0.481 e. The summed E-state index contributed by atoms with van der Waals surface area (Å²) in [6, 6.07) is 0. The molecule has 106 heavy (non-hydrogen) atoms. The largest absolute Gasteiger partial charge is 0.481 e. The molecule has 0 amide bonds. The van der Waals surface area contributed by atoms with Crippen LogP contribution in [0.2, 0.25) is 0 Å². The maximum Gasteiger partial charge on any atom is 0.310 e. The van der Waals surface area contributed by atoms with Gasteiger partial charge in [0.25, 0.3) is 0 Å². The van der Waals surface area contributed by atoms with E-state index in [0.717, 1.165) is 122 Å². The molecular weight excluding hydrogens is 1370 g/mol. The first kappa shape index (κ1) is 81.6. The summed E-state index contributed by atoms with van der Waals surface area (Å²) in [7, 11) is 0. The number of rotatable bonds is 14. The van der Waals surface area contributed by atoms with Crippen molar-refractivity contribution in [2.24, 2.45) is 100 Å². The number of hydrogen-bond acceptors (Lipinski definition) is 22. The number of aliphatic hydroxyl groups excluding tert-OH is 12. The fraction of sp³-hybridized carbons (Fsp3) is 0.927. The highest BCUT2D eigenvalue weighted by Crippen LogP contribution is 2.78. The summed E-state index contributed by atoms with van der Waals surface area (Å²) in [5, 5.41) is 146. The van der Waals surface area contributed by atoms with E-state index in [1.165, 1.54) is 11.1 Å². The van der Waals surface area contributed by atoms with Gasteiger partial charge in [-0.2, -0.15) is 0 Å². The lowest BCUT2D eigenvalue weighted by atomic mass is 9.33. The Morgan fingerprint density at radius 2 is 0.708 bits per heavy atom. The van der Waals surface area contributed by atoms with Crippen molar-refractivity contribution in [3.63, 3.8) is 0 Å². The van der Waals surface area contributed by atoms with Crippen molar-refractivity contribution in [2.75, 3.05) is 26.4 Å². The van der Waals surface area contributed by atoms with Gasteiger partial charge < -0.3 is 109 Å². The van der Waals surface area contributed by atoms with Crippen LogP contribution < -0.4 is 0 Å². The summed E-state index contributed by atoms with van der Waals surface area (Å²) in [6.07, 6.45) is -1.78. The van der Waals surface area contributed by atoms with Crippen molar-refractivity contribution >= 4 is 11.9 Å². The molecule has 4 aliphatic heterocycles. The minimum atomic E-state index is -1.60. The molecule has 0 aromatic rings. The number of carboxylic acid groups (broad SMARTS) is 2. The Hall–Kier alpha value is -2.38. The van der Waals surface area contributed by atoms with Crippen LogP contribution in [-0.4, -0.2) is 233 Å². The van der Waals surface area contributed by atoms with Crippen LogP contribution in [0, 0.1) is 100 Å². The molecule has 0 aromatic carbocycles. The molecule has 14 rings (SSSR count). The molecule has 604 valence electrons. The van der Waals surface area contributed by atoms with Crippen molar-refractivity contribution in [2.45, 2.75) is 348 Å². The van der Waals surface area contributed by atoms with E-state index in [9.17, 15) is 81.1 Å². The van der Waals surface area contributed by atoms with Crippen LogP contribution in [-0.2, 0) is 47.5 Å². The number of carboxylic acids is 2. The van der Waals surface area contributed by atoms with Gasteiger partial charge in [0.15, 0.2) is 25.2 Å². The van der Waals surface area contributed by atoms with Gasteiger partial charge in [0.2, 0.25) is 0 Å². The van der Waals surface area contributed by atoms with E-state index < -0.39 is 147 Å². The molecule has 4 heterocycles. The Labute approximate surface area is 626 Å². The van der Waals surface area contributed by atoms with Crippen LogP contribution in [0.15, 0.2) is 23.3 Å². The van der Waals surface area contributed by atoms with Gasteiger partial charge in [-0.05, 0) is 218 Å². The van der Waals surface area contributed by atoms with Crippen LogP contribution in [0.4, 0.5) is 0 Å². The van der Waals surface area contributed by atoms with Gasteiger partial charge in [-0.3, -0.25) is 9.59 Å². The Bertz CT molecular complexity index is 3280. The predicted octanol–water partition coefficient (Wildman–Crippen LogP) is 7.04. The quantitative estimate of drug-likeness (QED) is 0.0612. The third-order valence-electron chi connectivity index (χ3n) is 33.8. The van der Waals surface area contributed by atoms with Crippen molar-refractivity contribution in [1.29, 1.82) is 0 Å². The van der Waals surface area contributed by atoms with Crippen LogP contribution in [0.25, 0.3) is 0 Å². The minimum absolute atomic E-state index is 0.00813. The van der Waals surface area contributed by atoms with Crippen molar-refractivity contribution in [3.8, 4) is 0 Å². The standard InChI is InChI=1S/2C41H66O12/c1-36(2)14-16-41(35(48)49)17-15-39(6)21(22(41)18-36)8-9-26-38(5)12-11-27(37(3,4)25(38)10-13-40(26,39)7)53-34-32(47)30(45)29(44)24(52-34)20-50-33-31(46)28(43)23(19-42)51-33;1-36(2)14-16-41(35(48)49)17-15-39(6)21(22(41)18-36)8-9-26-38(5)12-11-27(37(3,4)25(38)10-13-40(26,39)7)53-34-31(46)29(44)24(52-34)20-50-33-32(47)30(45)28(43)23(19-42)51-33/h2*8,22-34,42-47H,9-20H2,1-7H3,(H,48,49)/t2*22-,23?,24?,25-,26+,27-,28?,29?,30?,31?,32?,33?,34?,38-,39+,40+,41-/m00/s1. The van der Waals surface area contributed by atoms with E-state index in [1.54, 1.807) is 0 Å². The Morgan fingerprint density at radius 3 is 1.08 bits per heavy atom. The second-order valence-corrected chi connectivity index (χ2v) is 40.4. The second kappa shape index (κ2) is 28.3. The van der Waals surface area contributed by atoms with Crippen LogP contribution >= 0.6 is 0 Å². The number of carbonyl (C=O) groups is 2. The van der Waals surface area contributed by atoms with E-state index in [0.29, 0.717) is 30.1 Å². The molecule has 14 aliphatic rings. The van der Waals surface area contributed by atoms with Gasteiger partial charge in [0, 0.05) is 0 Å². The van der Waals surface area contributed by atoms with Gasteiger partial charge >= 0.3 is 11.9 Å². The van der Waals surface area contributed by atoms with Crippen LogP contribution in [0.1, 0.15) is 225 Å². The van der Waals surface area contributed by atoms with Crippen molar-refractivity contribution < 1.29 is 119 Å². The fourth-order valence-electron chi connectivity index (χ4n) is 26.7. The zero-order valence-corrected chi connectivity index (χ0v) is 65.5. The lowest BCUT2D eigenvalue weighted by Crippen LogP contribution is -2.66. The maximum atomic E-state index is 13.0. The molecular formula is C82H132O24. The lowest BCUT2D eigenvalue weighted by molar-refractivity contribution is -0.335. The Kier molecular flexibility index (Phi) is 21.8. The molecule has 0 radical (unpaired) electrons. The zero-order valence-electron chi connectivity index (χ0n) is 65.5. The molecule has 8 saturated carbocycles. The molecule has 34 atom stereocenters. The molecule has 10 aliphatic carbocycles. The Balaban J connectivity index is 0.000000188. The number of aliphatic carboxylic acids is 2. The zero-order chi connectivity index (χ0) is 77.4. The van der Waals surface area contributed by atoms with Crippen molar-refractivity contribution in [3.05, 3.63) is 23.3 Å². The van der Waals surface area contributed by atoms with E-state index in [4.69, 9.17) is 37.9 Å². The Morgan fingerprint density at radius 1 is 0.387 bits per heavy atom. The molecule has 0 spiro atoms. The molecule has 4 saturated heterocycles. The van der Waals surface area contributed by atoms with E-state index in [-0.39, 0.29) is 91.4 Å². The highest BCUT2D eigenvalue weighted by molar-refractivity contribution is 5.77. The number of allylic oxidation sites excluding steroid dienone is 4. The topological polar surface area (TPSA) is 391 Å². The smallest absolute Gasteiger partial charge is 0.310 e. The molecule has 24 nitrogen and oxygen atoms in total. The molecule has 18 unspecified atom stereocenters. The summed E-state index contributed by atoms with van der Waals surface area (Å²) < 4.78 is 47.4. The number of aliphatic hydroxyl groups is 12. The molecule has 14 N–H and O–H groups in total. The predicted molar refractivity (Wildman–Crippen MR) is 384 cm³/mol. The maximum absolute atomic E-state index is 13.0. The number of fused-ring (bicyclic) bond motifs is 14. The first-order valence-corrected chi connectivity index (χ1v) is 40.4. The van der Waals surface area contributed by atoms with E-state index >= 15 is 0 Å². The van der Waals surface area contributed by atoms with Crippen molar-refractivity contribution in [1.82, 2.24) is 0 Å². The normalized spacial score (nSPS) is 53.1. The number of hydrogen-bond donors (Lipinski definition) is 14. The van der Waals surface area contributed by atoms with Gasteiger partial charge in [-0.1, -0.05) is 120 Å². The third kappa shape index (κ3) is 12.6. The summed E-state index contributed by atoms with van der Waals surface area (Å²) >= 11 is 0. The van der Waals surface area contributed by atoms with Crippen LogP contribution in [0.5, 0.6) is 0 Å². The molecule has 24 heteroatoms. The summed E-state index contributed by atoms with van der Waals surface area (Å²) in [4.78, 5) is 26.0. The average Bonchev–Trinajstić information content (AvgIpc) is 0.727. The van der Waals surface area contributed by atoms with Gasteiger partial charge in [0.1, 0.15) is 85.5 Å². The average molecular weight is 1500 g/mol. The van der Waals surface area contributed by atoms with Gasteiger partial charge in [-0.15, -0.1) is 0 Å². The van der Waals surface area contributed by atoms with Crippen LogP contribution in [0.3, 0.4) is 0 Å². The molecule has 0 aromatic heterocycles. The van der Waals surface area contributed by atoms with Gasteiger partial charge in [0.05, 0.1) is 49.5 Å². The highest BCUT2D eigenvalue weighted by Gasteiger charge is 2.73. The first-order valence-electron chi connectivity index (χ1n) is 40.4. The first-order chi connectivity index (χ1) is 49.3. The number of ether oxygens (including phenoxy) is 8. The summed E-state index contributed by atoms with van der Waals surface area (Å²) in [5.41, 5.74) is 1.04. The monoisotopic (exact) mass is 1500 g/mol. The second-order valence-electron chi connectivity index (χ2n) is 40.4. The third-order valence-corrected chi connectivity index (χ3v) is 33.8. The summed E-state index contributed by atoms with van der Waals surface area (Å²) in [6.45, 7) is 31.4.